The Labute approximate surface area is 128 Å². The summed E-state index contributed by atoms with van der Waals surface area (Å²) in [6.07, 6.45) is 10.2. The van der Waals surface area contributed by atoms with Gasteiger partial charge in [0.2, 0.25) is 5.91 Å². The summed E-state index contributed by atoms with van der Waals surface area (Å²) in [6.45, 7) is 4.69. The van der Waals surface area contributed by atoms with Crippen LogP contribution >= 0.6 is 0 Å². The molecule has 118 valence electrons. The van der Waals surface area contributed by atoms with Gasteiger partial charge in [-0.15, -0.1) is 0 Å². The zero-order valence-electron chi connectivity index (χ0n) is 13.3. The average molecular weight is 291 g/mol. The van der Waals surface area contributed by atoms with E-state index in [0.717, 1.165) is 43.8 Å². The van der Waals surface area contributed by atoms with Crippen LogP contribution in [0.25, 0.3) is 0 Å². The van der Waals surface area contributed by atoms with Gasteiger partial charge in [0, 0.05) is 24.2 Å². The Balaban J connectivity index is 1.50. The first-order valence-electron chi connectivity index (χ1n) is 8.65. The number of amides is 1. The number of carbonyl (C=O) groups excluding carboxylic acids is 1. The van der Waals surface area contributed by atoms with E-state index in [1.807, 2.05) is 0 Å². The van der Waals surface area contributed by atoms with E-state index in [1.165, 1.54) is 38.9 Å². The third-order valence-electron chi connectivity index (χ3n) is 5.33. The first-order chi connectivity index (χ1) is 10.2. The predicted octanol–water partition coefficient (Wildman–Crippen LogP) is 1.77. The van der Waals surface area contributed by atoms with E-state index in [9.17, 15) is 4.79 Å². The van der Waals surface area contributed by atoms with Crippen molar-refractivity contribution in [2.75, 3.05) is 33.2 Å². The van der Waals surface area contributed by atoms with Gasteiger partial charge in [0.05, 0.1) is 0 Å². The minimum atomic E-state index is 0.197. The number of piperidine rings is 2. The van der Waals surface area contributed by atoms with Crippen molar-refractivity contribution in [2.24, 2.45) is 0 Å². The summed E-state index contributed by atoms with van der Waals surface area (Å²) in [5.41, 5.74) is 1.02. The number of rotatable bonds is 3. The van der Waals surface area contributed by atoms with Gasteiger partial charge >= 0.3 is 0 Å². The largest absolute Gasteiger partial charge is 0.348 e. The van der Waals surface area contributed by atoms with Crippen molar-refractivity contribution in [3.8, 4) is 0 Å². The topological polar surface area (TPSA) is 35.6 Å². The lowest BCUT2D eigenvalue weighted by atomic mass is 9.98. The number of nitrogens with zero attached hydrogens (tertiary/aromatic N) is 2. The molecular weight excluding hydrogens is 262 g/mol. The molecule has 2 saturated heterocycles. The highest BCUT2D eigenvalue weighted by Crippen LogP contribution is 2.22. The summed E-state index contributed by atoms with van der Waals surface area (Å²) >= 11 is 0. The maximum Gasteiger partial charge on any atom is 0.247 e. The van der Waals surface area contributed by atoms with Crippen molar-refractivity contribution in [1.82, 2.24) is 15.1 Å². The van der Waals surface area contributed by atoms with Crippen LogP contribution in [0, 0.1) is 0 Å². The van der Waals surface area contributed by atoms with Crippen LogP contribution < -0.4 is 5.32 Å². The normalized spacial score (nSPS) is 29.4. The molecule has 2 heterocycles. The zero-order chi connectivity index (χ0) is 14.7. The SMILES string of the molecule is CN1CCC(N2CCC[C@H](NC(=O)C3=CCCC3)C2)CC1. The third kappa shape index (κ3) is 3.86. The van der Waals surface area contributed by atoms with Gasteiger partial charge < -0.3 is 10.2 Å². The Morgan fingerprint density at radius 1 is 1.19 bits per heavy atom. The molecule has 4 nitrogen and oxygen atoms in total. The lowest BCUT2D eigenvalue weighted by Crippen LogP contribution is -2.53. The highest BCUT2D eigenvalue weighted by Gasteiger charge is 2.29. The van der Waals surface area contributed by atoms with Gasteiger partial charge in [0.25, 0.3) is 0 Å². The van der Waals surface area contributed by atoms with Gasteiger partial charge in [0.15, 0.2) is 0 Å². The molecule has 2 fully saturated rings. The van der Waals surface area contributed by atoms with Crippen LogP contribution in [-0.4, -0.2) is 61.0 Å². The molecular formula is C17H29N3O. The minimum absolute atomic E-state index is 0.197. The number of likely N-dealkylation sites (tertiary alicyclic amines) is 2. The fourth-order valence-electron chi connectivity index (χ4n) is 3.97. The molecule has 21 heavy (non-hydrogen) atoms. The Morgan fingerprint density at radius 2 is 2.00 bits per heavy atom. The van der Waals surface area contributed by atoms with Gasteiger partial charge in [-0.05, 0) is 71.6 Å². The molecule has 1 N–H and O–H groups in total. The van der Waals surface area contributed by atoms with Crippen molar-refractivity contribution in [2.45, 2.75) is 57.0 Å². The number of nitrogens with one attached hydrogen (secondary N) is 1. The number of carbonyl (C=O) groups is 1. The molecule has 1 atom stereocenters. The fraction of sp³-hybridized carbons (Fsp3) is 0.824. The van der Waals surface area contributed by atoms with Gasteiger partial charge in [-0.2, -0.15) is 0 Å². The van der Waals surface area contributed by atoms with E-state index in [-0.39, 0.29) is 5.91 Å². The maximum atomic E-state index is 12.2. The summed E-state index contributed by atoms with van der Waals surface area (Å²) in [6, 6.07) is 1.08. The van der Waals surface area contributed by atoms with Gasteiger partial charge in [0.1, 0.15) is 0 Å². The van der Waals surface area contributed by atoms with E-state index in [4.69, 9.17) is 0 Å². The molecule has 0 aromatic rings. The van der Waals surface area contributed by atoms with Crippen molar-refractivity contribution < 1.29 is 4.79 Å². The van der Waals surface area contributed by atoms with E-state index >= 15 is 0 Å². The monoisotopic (exact) mass is 291 g/mol. The number of hydrogen-bond donors (Lipinski definition) is 1. The second-order valence-corrected chi connectivity index (χ2v) is 6.96. The Kier molecular flexibility index (Phi) is 4.96. The summed E-state index contributed by atoms with van der Waals surface area (Å²) in [5.74, 6) is 0.197. The van der Waals surface area contributed by atoms with Gasteiger partial charge in [-0.25, -0.2) is 0 Å². The molecule has 0 saturated carbocycles. The lowest BCUT2D eigenvalue weighted by molar-refractivity contribution is -0.118. The van der Waals surface area contributed by atoms with Crippen molar-refractivity contribution >= 4 is 5.91 Å². The van der Waals surface area contributed by atoms with Crippen LogP contribution in [0.4, 0.5) is 0 Å². The zero-order valence-corrected chi connectivity index (χ0v) is 13.3. The molecule has 1 aliphatic carbocycles. The van der Waals surface area contributed by atoms with E-state index in [0.29, 0.717) is 6.04 Å². The second-order valence-electron chi connectivity index (χ2n) is 6.96. The van der Waals surface area contributed by atoms with Crippen molar-refractivity contribution in [3.05, 3.63) is 11.6 Å². The number of allylic oxidation sites excluding steroid dienone is 1. The van der Waals surface area contributed by atoms with E-state index in [1.54, 1.807) is 0 Å². The molecule has 1 amide bonds. The summed E-state index contributed by atoms with van der Waals surface area (Å²) in [7, 11) is 2.21. The van der Waals surface area contributed by atoms with Crippen LogP contribution in [0.5, 0.6) is 0 Å². The highest BCUT2D eigenvalue weighted by molar-refractivity contribution is 5.93. The van der Waals surface area contributed by atoms with Gasteiger partial charge in [-0.3, -0.25) is 9.69 Å². The summed E-state index contributed by atoms with van der Waals surface area (Å²) in [5, 5.41) is 3.28. The molecule has 3 aliphatic rings. The van der Waals surface area contributed by atoms with E-state index < -0.39 is 0 Å². The second kappa shape index (κ2) is 6.93. The maximum absolute atomic E-state index is 12.2. The molecule has 0 unspecified atom stereocenters. The minimum Gasteiger partial charge on any atom is -0.348 e. The summed E-state index contributed by atoms with van der Waals surface area (Å²) < 4.78 is 0. The predicted molar refractivity (Wildman–Crippen MR) is 85.2 cm³/mol. The van der Waals surface area contributed by atoms with Crippen LogP contribution in [0.2, 0.25) is 0 Å². The molecule has 2 aliphatic heterocycles. The van der Waals surface area contributed by atoms with Gasteiger partial charge in [-0.1, -0.05) is 6.08 Å². The molecule has 0 radical (unpaired) electrons. The van der Waals surface area contributed by atoms with Crippen molar-refractivity contribution in [1.29, 1.82) is 0 Å². The Hall–Kier alpha value is -0.870. The first kappa shape index (κ1) is 15.0. The first-order valence-corrected chi connectivity index (χ1v) is 8.65. The standard InChI is InChI=1S/C17H29N3O/c1-19-11-8-16(9-12-19)20-10-4-7-15(13-20)18-17(21)14-5-2-3-6-14/h5,15-16H,2-4,6-13H2,1H3,(H,18,21)/t15-/m0/s1. The highest BCUT2D eigenvalue weighted by atomic mass is 16.1. The molecule has 0 spiro atoms. The van der Waals surface area contributed by atoms with Crippen LogP contribution in [0.15, 0.2) is 11.6 Å². The average Bonchev–Trinajstić information content (AvgIpc) is 3.02. The quantitative estimate of drug-likeness (QED) is 0.861. The smallest absolute Gasteiger partial charge is 0.247 e. The Morgan fingerprint density at radius 3 is 2.71 bits per heavy atom. The molecule has 3 rings (SSSR count). The van der Waals surface area contributed by atoms with Crippen LogP contribution in [-0.2, 0) is 4.79 Å². The van der Waals surface area contributed by atoms with E-state index in [2.05, 4.69) is 28.2 Å². The molecule has 4 heteroatoms. The molecule has 0 bridgehead atoms. The third-order valence-corrected chi connectivity index (χ3v) is 5.33. The molecule has 0 aromatic heterocycles. The molecule has 0 aromatic carbocycles. The summed E-state index contributed by atoms with van der Waals surface area (Å²) in [4.78, 5) is 17.3. The Bertz CT molecular complexity index is 399. The number of hydrogen-bond acceptors (Lipinski definition) is 3. The van der Waals surface area contributed by atoms with Crippen LogP contribution in [0.3, 0.4) is 0 Å². The van der Waals surface area contributed by atoms with Crippen molar-refractivity contribution in [3.63, 3.8) is 0 Å². The fourth-order valence-corrected chi connectivity index (χ4v) is 3.97. The van der Waals surface area contributed by atoms with Crippen LogP contribution in [0.1, 0.15) is 44.9 Å². The lowest BCUT2D eigenvalue weighted by Gasteiger charge is -2.41.